The second-order valence-electron chi connectivity index (χ2n) is 8.17. The van der Waals surface area contributed by atoms with E-state index in [1.807, 2.05) is 37.3 Å². The predicted octanol–water partition coefficient (Wildman–Crippen LogP) is 4.37. The van der Waals surface area contributed by atoms with Gasteiger partial charge in [-0.2, -0.15) is 9.94 Å². The van der Waals surface area contributed by atoms with Gasteiger partial charge in [-0.15, -0.1) is 5.10 Å². The van der Waals surface area contributed by atoms with E-state index in [1.54, 1.807) is 18.3 Å². The molecule has 2 bridgehead atoms. The van der Waals surface area contributed by atoms with E-state index < -0.39 is 0 Å². The fourth-order valence-electron chi connectivity index (χ4n) is 4.70. The molecule has 5 nitrogen and oxygen atoms in total. The van der Waals surface area contributed by atoms with Gasteiger partial charge in [-0.1, -0.05) is 53.8 Å². The molecule has 150 valence electrons. The Morgan fingerprint density at radius 1 is 1.17 bits per heavy atom. The molecule has 0 spiro atoms. The Bertz CT molecular complexity index is 1320. The van der Waals surface area contributed by atoms with Crippen LogP contribution in [0.15, 0.2) is 64.6 Å². The number of pyridine rings is 1. The summed E-state index contributed by atoms with van der Waals surface area (Å²) >= 11 is 1.59. The number of thiazole rings is 1. The van der Waals surface area contributed by atoms with Crippen LogP contribution in [0.1, 0.15) is 35.7 Å². The van der Waals surface area contributed by atoms with Gasteiger partial charge in [0.05, 0.1) is 4.88 Å². The van der Waals surface area contributed by atoms with Gasteiger partial charge >= 0.3 is 0 Å². The lowest BCUT2D eigenvalue weighted by molar-refractivity contribution is 0.421. The number of aromatic nitrogens is 2. The number of hydrogen-bond donors (Lipinski definition) is 0. The second-order valence-corrected chi connectivity index (χ2v) is 9.18. The zero-order valence-electron chi connectivity index (χ0n) is 16.9. The van der Waals surface area contributed by atoms with Crippen LogP contribution < -0.4 is 10.4 Å². The summed E-state index contributed by atoms with van der Waals surface area (Å²) in [6.07, 6.45) is 9.13. The number of allylic oxidation sites excluding steroid dienone is 2. The summed E-state index contributed by atoms with van der Waals surface area (Å²) < 4.78 is 3.63. The molecule has 2 aromatic heterocycles. The van der Waals surface area contributed by atoms with E-state index in [0.29, 0.717) is 23.4 Å². The van der Waals surface area contributed by atoms with Gasteiger partial charge in [-0.05, 0) is 55.7 Å². The first-order chi connectivity index (χ1) is 14.5. The molecule has 0 aliphatic heterocycles. The molecular weight excluding hydrogens is 392 g/mol. The van der Waals surface area contributed by atoms with Gasteiger partial charge in [0.25, 0.3) is 5.56 Å². The predicted molar refractivity (Wildman–Crippen MR) is 118 cm³/mol. The lowest BCUT2D eigenvalue weighted by atomic mass is 10.0. The highest BCUT2D eigenvalue weighted by molar-refractivity contribution is 7.12. The van der Waals surface area contributed by atoms with Gasteiger partial charge < -0.3 is 4.57 Å². The van der Waals surface area contributed by atoms with E-state index in [2.05, 4.69) is 35.0 Å². The number of hydrogen-bond acceptors (Lipinski definition) is 4. The van der Waals surface area contributed by atoms with E-state index in [1.165, 1.54) is 11.1 Å². The maximum atomic E-state index is 12.9. The van der Waals surface area contributed by atoms with E-state index in [0.717, 1.165) is 27.4 Å². The molecule has 0 saturated heterocycles. The molecule has 2 heterocycles. The highest BCUT2D eigenvalue weighted by Gasteiger charge is 2.37. The van der Waals surface area contributed by atoms with Gasteiger partial charge in [0.2, 0.25) is 4.80 Å². The number of aryl methyl sites for hydroxylation is 2. The maximum absolute atomic E-state index is 12.9. The van der Waals surface area contributed by atoms with E-state index in [-0.39, 0.29) is 11.1 Å². The monoisotopic (exact) mass is 414 g/mol. The van der Waals surface area contributed by atoms with Crippen molar-refractivity contribution in [2.75, 3.05) is 0 Å². The summed E-state index contributed by atoms with van der Waals surface area (Å²) in [6.45, 7) is 3.65. The Kier molecular flexibility index (Phi) is 4.56. The van der Waals surface area contributed by atoms with Crippen molar-refractivity contribution >= 4 is 11.3 Å². The van der Waals surface area contributed by atoms with Crippen LogP contribution in [0.2, 0.25) is 0 Å². The van der Waals surface area contributed by atoms with Crippen molar-refractivity contribution in [2.45, 2.75) is 32.7 Å². The van der Waals surface area contributed by atoms with Crippen LogP contribution in [0.5, 0.6) is 0 Å². The van der Waals surface area contributed by atoms with Crippen LogP contribution in [-0.2, 0) is 0 Å². The van der Waals surface area contributed by atoms with Crippen molar-refractivity contribution in [3.63, 3.8) is 0 Å². The molecule has 3 atom stereocenters. The van der Waals surface area contributed by atoms with Crippen LogP contribution in [0.25, 0.3) is 10.4 Å². The first-order valence-electron chi connectivity index (χ1n) is 10.2. The Hall–Kier alpha value is -3.17. The minimum Gasteiger partial charge on any atom is -0.318 e. The largest absolute Gasteiger partial charge is 0.318 e. The fraction of sp³-hybridized carbons (Fsp3) is 0.292. The molecule has 0 amide bonds. The highest BCUT2D eigenvalue weighted by Crippen LogP contribution is 2.46. The Morgan fingerprint density at radius 3 is 2.63 bits per heavy atom. The third-order valence-corrected chi connectivity index (χ3v) is 7.23. The van der Waals surface area contributed by atoms with E-state index in [9.17, 15) is 10.1 Å². The first-order valence-corrected chi connectivity index (χ1v) is 11.0. The Labute approximate surface area is 178 Å². The van der Waals surface area contributed by atoms with Gasteiger partial charge in [0.1, 0.15) is 11.6 Å². The minimum atomic E-state index is -0.357. The summed E-state index contributed by atoms with van der Waals surface area (Å²) in [5.74, 6) is 1.15. The average molecular weight is 415 g/mol. The smallest absolute Gasteiger partial charge is 0.289 e. The quantitative estimate of drug-likeness (QED) is 0.598. The average Bonchev–Trinajstić information content (AvgIpc) is 3.47. The van der Waals surface area contributed by atoms with Gasteiger partial charge in [-0.25, -0.2) is 0 Å². The van der Waals surface area contributed by atoms with Crippen molar-refractivity contribution in [3.8, 4) is 16.5 Å². The van der Waals surface area contributed by atoms with E-state index in [4.69, 9.17) is 5.10 Å². The molecule has 3 aromatic rings. The summed E-state index contributed by atoms with van der Waals surface area (Å²) in [4.78, 5) is 14.8. The molecule has 2 aliphatic rings. The SMILES string of the molecule is Cc1cc(C)n(/N=c2/sc(-c3ccccc3)cn2[C@H]2C[C@H]3C=C[C@@H]2C3)c(=O)c1C#N. The second kappa shape index (κ2) is 7.26. The molecule has 6 heteroatoms. The Balaban J connectivity index is 1.72. The van der Waals surface area contributed by atoms with Crippen molar-refractivity contribution < 1.29 is 0 Å². The Morgan fingerprint density at radius 2 is 1.97 bits per heavy atom. The zero-order valence-corrected chi connectivity index (χ0v) is 17.8. The van der Waals surface area contributed by atoms with Crippen LogP contribution >= 0.6 is 11.3 Å². The molecule has 0 unspecified atom stereocenters. The van der Waals surface area contributed by atoms with Crippen molar-refractivity contribution in [1.29, 1.82) is 5.26 Å². The molecule has 5 rings (SSSR count). The molecule has 2 aliphatic carbocycles. The third-order valence-electron chi connectivity index (χ3n) is 6.20. The van der Waals surface area contributed by atoms with Crippen molar-refractivity contribution in [1.82, 2.24) is 9.24 Å². The summed E-state index contributed by atoms with van der Waals surface area (Å²) in [5.41, 5.74) is 2.35. The highest BCUT2D eigenvalue weighted by atomic mass is 32.1. The normalized spacial score (nSPS) is 22.6. The van der Waals surface area contributed by atoms with Gasteiger partial charge in [-0.3, -0.25) is 4.79 Å². The molecule has 1 fully saturated rings. The molecule has 1 saturated carbocycles. The number of benzene rings is 1. The van der Waals surface area contributed by atoms with Crippen LogP contribution in [0.4, 0.5) is 0 Å². The lowest BCUT2D eigenvalue weighted by Gasteiger charge is -2.20. The fourth-order valence-corrected chi connectivity index (χ4v) is 5.74. The number of fused-ring (bicyclic) bond motifs is 2. The van der Waals surface area contributed by atoms with Gasteiger partial charge in [0.15, 0.2) is 0 Å². The molecule has 30 heavy (non-hydrogen) atoms. The summed E-state index contributed by atoms with van der Waals surface area (Å²) in [6, 6.07) is 14.5. The van der Waals surface area contributed by atoms with E-state index >= 15 is 0 Å². The summed E-state index contributed by atoms with van der Waals surface area (Å²) in [7, 11) is 0. The topological polar surface area (TPSA) is 63.1 Å². The molecule has 0 radical (unpaired) electrons. The summed E-state index contributed by atoms with van der Waals surface area (Å²) in [5, 5.41) is 14.2. The zero-order chi connectivity index (χ0) is 20.8. The molecule has 0 N–H and O–H groups in total. The van der Waals surface area contributed by atoms with Crippen molar-refractivity contribution in [2.24, 2.45) is 16.9 Å². The lowest BCUT2D eigenvalue weighted by Crippen LogP contribution is -2.28. The van der Waals surface area contributed by atoms with Crippen LogP contribution in [-0.4, -0.2) is 9.24 Å². The molecular formula is C24H22N4OS. The number of nitrogens with zero attached hydrogens (tertiary/aromatic N) is 4. The minimum absolute atomic E-state index is 0.151. The maximum Gasteiger partial charge on any atom is 0.289 e. The van der Waals surface area contributed by atoms with Crippen LogP contribution in [0.3, 0.4) is 0 Å². The van der Waals surface area contributed by atoms with Crippen LogP contribution in [0, 0.1) is 37.0 Å². The number of rotatable bonds is 3. The first kappa shape index (κ1) is 18.8. The van der Waals surface area contributed by atoms with Gasteiger partial charge in [0, 0.05) is 17.9 Å². The number of nitriles is 1. The molecule has 1 aromatic carbocycles. The third kappa shape index (κ3) is 3.06. The van der Waals surface area contributed by atoms with Crippen molar-refractivity contribution in [3.05, 3.63) is 86.7 Å². The standard InChI is InChI=1S/C24H22N4OS/c1-15-10-16(2)28(23(29)20(15)13-25)26-24-27(21-12-17-8-9-19(21)11-17)14-22(30-24)18-6-4-3-5-7-18/h3-10,14,17,19,21H,11-12H2,1-2H3/b26-24+/t17-,19+,21-/m0/s1.